The lowest BCUT2D eigenvalue weighted by Gasteiger charge is -2.30. The maximum atomic E-state index is 12.9. The van der Waals surface area contributed by atoms with Gasteiger partial charge < -0.3 is 14.2 Å². The van der Waals surface area contributed by atoms with Gasteiger partial charge in [0, 0.05) is 0 Å². The Morgan fingerprint density at radius 2 is 1.67 bits per heavy atom. The van der Waals surface area contributed by atoms with Crippen molar-refractivity contribution >= 4 is 17.9 Å². The summed E-state index contributed by atoms with van der Waals surface area (Å²) in [5, 5.41) is 0. The fraction of sp³-hybridized carbons (Fsp3) is 0.458. The van der Waals surface area contributed by atoms with Crippen molar-refractivity contribution in [2.75, 3.05) is 14.2 Å². The maximum absolute atomic E-state index is 12.9. The zero-order valence-electron chi connectivity index (χ0n) is 18.1. The molecule has 0 amide bonds. The number of hydrogen-bond donors (Lipinski definition) is 0. The normalized spacial score (nSPS) is 19.1. The van der Waals surface area contributed by atoms with Crippen LogP contribution in [0.25, 0.3) is 0 Å². The van der Waals surface area contributed by atoms with E-state index in [0.29, 0.717) is 12.8 Å². The van der Waals surface area contributed by atoms with E-state index in [1.165, 1.54) is 14.2 Å². The molecule has 6 nitrogen and oxygen atoms in total. The molecule has 3 unspecified atom stereocenters. The molecule has 162 valence electrons. The van der Waals surface area contributed by atoms with Crippen molar-refractivity contribution in [1.29, 1.82) is 0 Å². The van der Waals surface area contributed by atoms with Gasteiger partial charge in [-0.25, -0.2) is 0 Å². The monoisotopic (exact) mass is 414 g/mol. The molecule has 0 fully saturated rings. The molecule has 0 aliphatic heterocycles. The van der Waals surface area contributed by atoms with E-state index in [9.17, 15) is 14.4 Å². The number of ether oxygens (including phenoxy) is 3. The largest absolute Gasteiger partial charge is 0.469 e. The lowest BCUT2D eigenvalue weighted by molar-refractivity contribution is -0.158. The summed E-state index contributed by atoms with van der Waals surface area (Å²) < 4.78 is 15.3. The molecule has 30 heavy (non-hydrogen) atoms. The fourth-order valence-electron chi connectivity index (χ4n) is 3.60. The molecule has 0 saturated carbocycles. The van der Waals surface area contributed by atoms with E-state index >= 15 is 0 Å². The minimum atomic E-state index is -0.682. The molecule has 1 aromatic rings. The van der Waals surface area contributed by atoms with Crippen LogP contribution in [0.5, 0.6) is 0 Å². The van der Waals surface area contributed by atoms with E-state index < -0.39 is 29.7 Å². The second-order valence-corrected chi connectivity index (χ2v) is 7.64. The van der Waals surface area contributed by atoms with Gasteiger partial charge in [0.1, 0.15) is 6.61 Å². The summed E-state index contributed by atoms with van der Waals surface area (Å²) in [6, 6.07) is 9.47. The van der Waals surface area contributed by atoms with E-state index in [2.05, 4.69) is 0 Å². The Morgan fingerprint density at radius 3 is 2.27 bits per heavy atom. The summed E-state index contributed by atoms with van der Waals surface area (Å²) in [4.78, 5) is 37.4. The number of hydrogen-bond acceptors (Lipinski definition) is 6. The molecule has 1 aliphatic rings. The van der Waals surface area contributed by atoms with Crippen LogP contribution in [0.15, 0.2) is 53.6 Å². The first-order valence-electron chi connectivity index (χ1n) is 10.1. The van der Waals surface area contributed by atoms with Gasteiger partial charge >= 0.3 is 17.9 Å². The second kappa shape index (κ2) is 11.3. The van der Waals surface area contributed by atoms with Crippen LogP contribution in [0.4, 0.5) is 0 Å². The van der Waals surface area contributed by atoms with E-state index in [1.54, 1.807) is 0 Å². The first-order chi connectivity index (χ1) is 14.4. The van der Waals surface area contributed by atoms with Gasteiger partial charge in [0.15, 0.2) is 0 Å². The number of esters is 3. The summed E-state index contributed by atoms with van der Waals surface area (Å²) in [7, 11) is 2.60. The highest BCUT2D eigenvalue weighted by atomic mass is 16.5. The number of carbonyl (C=O) groups excluding carboxylic acids is 3. The van der Waals surface area contributed by atoms with Crippen LogP contribution in [-0.4, -0.2) is 32.1 Å². The number of rotatable bonds is 8. The van der Waals surface area contributed by atoms with Crippen LogP contribution >= 0.6 is 0 Å². The summed E-state index contributed by atoms with van der Waals surface area (Å²) in [6.07, 6.45) is 4.90. The fourth-order valence-corrected chi connectivity index (χ4v) is 3.60. The second-order valence-electron chi connectivity index (χ2n) is 7.64. The standard InChI is InChI=1S/C24H30O6/c1-16(2)10-12-19(24(27)30-15-17-8-6-5-7-9-17)18-11-13-20(22(25)28-3)21(14-18)23(26)29-4/h5-11,19-21H,12-15H2,1-4H3. The lowest BCUT2D eigenvalue weighted by Crippen LogP contribution is -2.35. The van der Waals surface area contributed by atoms with Crippen molar-refractivity contribution in [3.63, 3.8) is 0 Å². The van der Waals surface area contributed by atoms with E-state index in [1.807, 2.05) is 56.3 Å². The smallest absolute Gasteiger partial charge is 0.313 e. The Morgan fingerprint density at radius 1 is 1.03 bits per heavy atom. The molecule has 0 radical (unpaired) electrons. The minimum absolute atomic E-state index is 0.184. The van der Waals surface area contributed by atoms with Crippen LogP contribution in [-0.2, 0) is 35.2 Å². The Labute approximate surface area is 177 Å². The van der Waals surface area contributed by atoms with Crippen molar-refractivity contribution in [3.8, 4) is 0 Å². The van der Waals surface area contributed by atoms with E-state index in [0.717, 1.165) is 16.7 Å². The van der Waals surface area contributed by atoms with Crippen LogP contribution in [0, 0.1) is 17.8 Å². The van der Waals surface area contributed by atoms with Gasteiger partial charge in [-0.05, 0) is 38.7 Å². The number of methoxy groups -OCH3 is 2. The SMILES string of the molecule is COC(=O)C1CC=C(C(CC=C(C)C)C(=O)OCc2ccccc2)CC1C(=O)OC. The Hall–Kier alpha value is -2.89. The third kappa shape index (κ3) is 6.31. The average Bonchev–Trinajstić information content (AvgIpc) is 2.77. The molecule has 0 bridgehead atoms. The number of benzene rings is 1. The zero-order valence-corrected chi connectivity index (χ0v) is 18.1. The van der Waals surface area contributed by atoms with Crippen molar-refractivity contribution in [2.24, 2.45) is 17.8 Å². The first kappa shape index (κ1) is 23.4. The molecule has 1 aromatic carbocycles. The molecule has 0 heterocycles. The maximum Gasteiger partial charge on any atom is 0.313 e. The van der Waals surface area contributed by atoms with Gasteiger partial charge in [0.25, 0.3) is 0 Å². The Bertz CT molecular complexity index is 804. The number of allylic oxidation sites excluding steroid dienone is 3. The van der Waals surface area contributed by atoms with Crippen molar-refractivity contribution in [2.45, 2.75) is 39.7 Å². The van der Waals surface area contributed by atoms with Crippen LogP contribution < -0.4 is 0 Å². The van der Waals surface area contributed by atoms with Gasteiger partial charge in [-0.15, -0.1) is 0 Å². The van der Waals surface area contributed by atoms with Crippen molar-refractivity contribution in [1.82, 2.24) is 0 Å². The van der Waals surface area contributed by atoms with Crippen LogP contribution in [0.1, 0.15) is 38.7 Å². The van der Waals surface area contributed by atoms with Gasteiger partial charge in [-0.3, -0.25) is 14.4 Å². The predicted molar refractivity (Wildman–Crippen MR) is 112 cm³/mol. The molecule has 0 saturated heterocycles. The highest BCUT2D eigenvalue weighted by molar-refractivity contribution is 5.84. The topological polar surface area (TPSA) is 78.9 Å². The third-order valence-corrected chi connectivity index (χ3v) is 5.30. The Balaban J connectivity index is 2.23. The van der Waals surface area contributed by atoms with Crippen molar-refractivity contribution in [3.05, 3.63) is 59.2 Å². The van der Waals surface area contributed by atoms with Gasteiger partial charge in [-0.2, -0.15) is 0 Å². The van der Waals surface area contributed by atoms with Gasteiger partial charge in [-0.1, -0.05) is 53.6 Å². The number of carbonyl (C=O) groups is 3. The molecular formula is C24H30O6. The zero-order chi connectivity index (χ0) is 22.1. The van der Waals surface area contributed by atoms with Gasteiger partial charge in [0.05, 0.1) is 32.0 Å². The first-order valence-corrected chi connectivity index (χ1v) is 10.1. The molecule has 0 spiro atoms. The highest BCUT2D eigenvalue weighted by Crippen LogP contribution is 2.36. The molecular weight excluding hydrogens is 384 g/mol. The van der Waals surface area contributed by atoms with Crippen LogP contribution in [0.3, 0.4) is 0 Å². The summed E-state index contributed by atoms with van der Waals surface area (Å²) in [5.74, 6) is -3.09. The van der Waals surface area contributed by atoms with E-state index in [-0.39, 0.29) is 19.0 Å². The van der Waals surface area contributed by atoms with E-state index in [4.69, 9.17) is 14.2 Å². The predicted octanol–water partition coefficient (Wildman–Crippen LogP) is 4.00. The summed E-state index contributed by atoms with van der Waals surface area (Å²) in [5.41, 5.74) is 2.79. The highest BCUT2D eigenvalue weighted by Gasteiger charge is 2.40. The minimum Gasteiger partial charge on any atom is -0.469 e. The molecule has 3 atom stereocenters. The summed E-state index contributed by atoms with van der Waals surface area (Å²) in [6.45, 7) is 4.11. The van der Waals surface area contributed by atoms with Crippen LogP contribution in [0.2, 0.25) is 0 Å². The molecule has 0 N–H and O–H groups in total. The average molecular weight is 414 g/mol. The quantitative estimate of drug-likeness (QED) is 0.363. The summed E-state index contributed by atoms with van der Waals surface area (Å²) >= 11 is 0. The molecule has 6 heteroatoms. The molecule has 2 rings (SSSR count). The van der Waals surface area contributed by atoms with Crippen molar-refractivity contribution < 1.29 is 28.6 Å². The van der Waals surface area contributed by atoms with Gasteiger partial charge in [0.2, 0.25) is 0 Å². The molecule has 1 aliphatic carbocycles. The molecule has 0 aromatic heterocycles. The third-order valence-electron chi connectivity index (χ3n) is 5.30. The Kier molecular flexibility index (Phi) is 8.84. The lowest BCUT2D eigenvalue weighted by atomic mass is 9.75.